The molecule has 16 heavy (non-hydrogen) atoms. The third-order valence-electron chi connectivity index (χ3n) is 2.27. The van der Waals surface area contributed by atoms with E-state index in [-0.39, 0.29) is 0 Å². The van der Waals surface area contributed by atoms with E-state index < -0.39 is 0 Å². The summed E-state index contributed by atoms with van der Waals surface area (Å²) >= 11 is 1.64. The molecule has 0 aliphatic carbocycles. The number of pyridine rings is 2. The van der Waals surface area contributed by atoms with Gasteiger partial charge >= 0.3 is 0 Å². The number of hydrogen-bond acceptors (Lipinski definition) is 3. The molecule has 3 heterocycles. The summed E-state index contributed by atoms with van der Waals surface area (Å²) in [5.74, 6) is 0. The van der Waals surface area contributed by atoms with Crippen LogP contribution in [-0.2, 0) is 0 Å². The first kappa shape index (κ1) is 9.42. The molecule has 3 aromatic rings. The minimum Gasteiger partial charge on any atom is -0.345 e. The zero-order valence-electron chi connectivity index (χ0n) is 8.42. The first-order valence-electron chi connectivity index (χ1n) is 4.94. The van der Waals surface area contributed by atoms with Crippen molar-refractivity contribution in [1.29, 1.82) is 0 Å². The zero-order chi connectivity index (χ0) is 10.8. The van der Waals surface area contributed by atoms with Crippen LogP contribution in [0.15, 0.2) is 58.8 Å². The van der Waals surface area contributed by atoms with Crippen LogP contribution in [-0.4, -0.2) is 15.0 Å². The number of H-pyrrole nitrogens is 1. The molecular weight excluding hydrogens is 218 g/mol. The normalized spacial score (nSPS) is 10.8. The van der Waals surface area contributed by atoms with Gasteiger partial charge in [-0.25, -0.2) is 9.97 Å². The summed E-state index contributed by atoms with van der Waals surface area (Å²) in [7, 11) is 0. The minimum absolute atomic E-state index is 0.918. The Morgan fingerprint density at radius 3 is 2.81 bits per heavy atom. The second-order valence-electron chi connectivity index (χ2n) is 3.32. The van der Waals surface area contributed by atoms with E-state index in [1.165, 1.54) is 0 Å². The summed E-state index contributed by atoms with van der Waals surface area (Å²) in [4.78, 5) is 12.8. The third kappa shape index (κ3) is 1.67. The summed E-state index contributed by atoms with van der Waals surface area (Å²) in [5, 5.41) is 2.13. The second kappa shape index (κ2) is 3.98. The number of aromatic nitrogens is 3. The maximum Gasteiger partial charge on any atom is 0.138 e. The quantitative estimate of drug-likeness (QED) is 0.731. The number of nitrogens with zero attached hydrogens (tertiary/aromatic N) is 2. The Kier molecular flexibility index (Phi) is 2.34. The van der Waals surface area contributed by atoms with Crippen molar-refractivity contribution >= 4 is 22.8 Å². The van der Waals surface area contributed by atoms with E-state index in [1.54, 1.807) is 24.2 Å². The van der Waals surface area contributed by atoms with Crippen LogP contribution in [0.3, 0.4) is 0 Å². The van der Waals surface area contributed by atoms with E-state index in [4.69, 9.17) is 0 Å². The molecule has 0 unspecified atom stereocenters. The van der Waals surface area contributed by atoms with E-state index in [9.17, 15) is 0 Å². The number of hydrogen-bond donors (Lipinski definition) is 1. The molecule has 0 amide bonds. The fourth-order valence-corrected chi connectivity index (χ4v) is 2.41. The molecule has 0 atom stereocenters. The molecule has 0 saturated carbocycles. The lowest BCUT2D eigenvalue weighted by atomic mass is 10.3. The van der Waals surface area contributed by atoms with Crippen molar-refractivity contribution in [2.24, 2.45) is 0 Å². The predicted molar refractivity (Wildman–Crippen MR) is 64.5 cm³/mol. The molecular formula is C12H9N3S. The number of aromatic amines is 1. The van der Waals surface area contributed by atoms with Crippen molar-refractivity contribution in [2.45, 2.75) is 9.92 Å². The van der Waals surface area contributed by atoms with Crippen molar-refractivity contribution < 1.29 is 0 Å². The van der Waals surface area contributed by atoms with Crippen molar-refractivity contribution in [2.75, 3.05) is 0 Å². The number of fused-ring (bicyclic) bond motifs is 1. The number of nitrogens with one attached hydrogen (secondary N) is 1. The first-order chi connectivity index (χ1) is 7.93. The van der Waals surface area contributed by atoms with Crippen LogP contribution in [0.25, 0.3) is 11.0 Å². The predicted octanol–water partition coefficient (Wildman–Crippen LogP) is 3.11. The third-order valence-corrected chi connectivity index (χ3v) is 3.27. The first-order valence-corrected chi connectivity index (χ1v) is 5.76. The molecule has 0 spiro atoms. The van der Waals surface area contributed by atoms with Crippen molar-refractivity contribution in [3.8, 4) is 0 Å². The van der Waals surface area contributed by atoms with Gasteiger partial charge in [-0.1, -0.05) is 17.8 Å². The maximum absolute atomic E-state index is 4.29. The van der Waals surface area contributed by atoms with Crippen LogP contribution < -0.4 is 0 Å². The monoisotopic (exact) mass is 227 g/mol. The summed E-state index contributed by atoms with van der Waals surface area (Å²) in [6.07, 6.45) is 5.56. The topological polar surface area (TPSA) is 41.6 Å². The molecule has 0 radical (unpaired) electrons. The molecule has 0 fully saturated rings. The van der Waals surface area contributed by atoms with E-state index >= 15 is 0 Å². The van der Waals surface area contributed by atoms with Gasteiger partial charge in [-0.15, -0.1) is 0 Å². The van der Waals surface area contributed by atoms with Crippen LogP contribution in [0, 0.1) is 0 Å². The van der Waals surface area contributed by atoms with Gasteiger partial charge in [0.25, 0.3) is 0 Å². The highest BCUT2D eigenvalue weighted by atomic mass is 32.2. The van der Waals surface area contributed by atoms with Crippen LogP contribution in [0.5, 0.6) is 0 Å². The standard InChI is InChI=1S/C12H9N3S/c1-2-6-13-11(5-1)16-10-8-15-12-9(10)4-3-7-14-12/h1-8H,(H,14,15). The second-order valence-corrected chi connectivity index (χ2v) is 4.38. The average molecular weight is 227 g/mol. The molecule has 0 bridgehead atoms. The number of rotatable bonds is 2. The Labute approximate surface area is 96.9 Å². The highest BCUT2D eigenvalue weighted by Crippen LogP contribution is 2.31. The fraction of sp³-hybridized carbons (Fsp3) is 0. The van der Waals surface area contributed by atoms with Crippen molar-refractivity contribution in [3.63, 3.8) is 0 Å². The molecule has 0 aliphatic heterocycles. The van der Waals surface area contributed by atoms with E-state index in [0.29, 0.717) is 0 Å². The van der Waals surface area contributed by atoms with Gasteiger partial charge in [0, 0.05) is 28.9 Å². The highest BCUT2D eigenvalue weighted by molar-refractivity contribution is 7.99. The molecule has 3 aromatic heterocycles. The SMILES string of the molecule is c1ccc(Sc2c[nH]c3ncccc23)nc1. The van der Waals surface area contributed by atoms with E-state index in [0.717, 1.165) is 21.0 Å². The Bertz CT molecular complexity index is 604. The smallest absolute Gasteiger partial charge is 0.138 e. The summed E-state index contributed by atoms with van der Waals surface area (Å²) < 4.78 is 0. The van der Waals surface area contributed by atoms with Gasteiger partial charge in [-0.05, 0) is 24.3 Å². The van der Waals surface area contributed by atoms with Crippen LogP contribution >= 0.6 is 11.8 Å². The largest absolute Gasteiger partial charge is 0.345 e. The summed E-state index contributed by atoms with van der Waals surface area (Å²) in [6, 6.07) is 9.91. The molecule has 1 N–H and O–H groups in total. The summed E-state index contributed by atoms with van der Waals surface area (Å²) in [6.45, 7) is 0. The van der Waals surface area contributed by atoms with Crippen LogP contribution in [0.2, 0.25) is 0 Å². The molecule has 3 nitrogen and oxygen atoms in total. The Morgan fingerprint density at radius 1 is 1.00 bits per heavy atom. The fourth-order valence-electron chi connectivity index (χ4n) is 1.54. The minimum atomic E-state index is 0.918. The highest BCUT2D eigenvalue weighted by Gasteiger charge is 2.05. The zero-order valence-corrected chi connectivity index (χ0v) is 9.24. The van der Waals surface area contributed by atoms with Gasteiger partial charge in [-0.2, -0.15) is 0 Å². The molecule has 0 saturated heterocycles. The lowest BCUT2D eigenvalue weighted by molar-refractivity contribution is 1.13. The van der Waals surface area contributed by atoms with Crippen LogP contribution in [0.1, 0.15) is 0 Å². The molecule has 78 valence electrons. The lowest BCUT2D eigenvalue weighted by Crippen LogP contribution is -1.76. The van der Waals surface area contributed by atoms with E-state index in [2.05, 4.69) is 21.0 Å². The Balaban J connectivity index is 2.01. The average Bonchev–Trinajstić information content (AvgIpc) is 2.74. The van der Waals surface area contributed by atoms with Gasteiger partial charge in [0.1, 0.15) is 10.7 Å². The Hall–Kier alpha value is -1.81. The molecule has 0 aliphatic rings. The van der Waals surface area contributed by atoms with Gasteiger partial charge in [0.05, 0.1) is 0 Å². The van der Waals surface area contributed by atoms with Gasteiger partial charge in [0.2, 0.25) is 0 Å². The lowest BCUT2D eigenvalue weighted by Gasteiger charge is -1.97. The summed E-state index contributed by atoms with van der Waals surface area (Å²) in [5.41, 5.74) is 0.918. The van der Waals surface area contributed by atoms with Gasteiger partial charge < -0.3 is 4.98 Å². The van der Waals surface area contributed by atoms with Crippen molar-refractivity contribution in [1.82, 2.24) is 15.0 Å². The molecule has 0 aromatic carbocycles. The van der Waals surface area contributed by atoms with E-state index in [1.807, 2.05) is 30.5 Å². The molecule has 3 rings (SSSR count). The molecule has 4 heteroatoms. The van der Waals surface area contributed by atoms with Crippen LogP contribution in [0.4, 0.5) is 0 Å². The maximum atomic E-state index is 4.29. The Morgan fingerprint density at radius 2 is 1.94 bits per heavy atom. The van der Waals surface area contributed by atoms with Gasteiger partial charge in [-0.3, -0.25) is 0 Å². The van der Waals surface area contributed by atoms with Gasteiger partial charge in [0.15, 0.2) is 0 Å². The van der Waals surface area contributed by atoms with Crippen molar-refractivity contribution in [3.05, 3.63) is 48.9 Å².